The Hall–Kier alpha value is -2.37. The third-order valence-corrected chi connectivity index (χ3v) is 3.78. The van der Waals surface area contributed by atoms with E-state index < -0.39 is 5.97 Å². The van der Waals surface area contributed by atoms with Gasteiger partial charge in [0.2, 0.25) is 5.91 Å². The molecule has 0 heterocycles. The van der Waals surface area contributed by atoms with Crippen LogP contribution in [0.4, 0.5) is 5.69 Å². The zero-order valence-electron chi connectivity index (χ0n) is 12.5. The molecule has 0 saturated heterocycles. The molecule has 2 amide bonds. The fourth-order valence-electron chi connectivity index (χ4n) is 2.16. The van der Waals surface area contributed by atoms with E-state index in [4.69, 9.17) is 5.11 Å². The second-order valence-corrected chi connectivity index (χ2v) is 5.59. The zero-order valence-corrected chi connectivity index (χ0v) is 12.5. The Balaban J connectivity index is 1.85. The number of aliphatic carboxylic acids is 1. The van der Waals surface area contributed by atoms with Crippen LogP contribution in [0.5, 0.6) is 0 Å². The standard InChI is InChI=1S/C16H20N2O4/c1-10(11-2-3-11)15(21)18-13-6-4-12(5-7-13)16(22)17-9-8-14(19)20/h4-7,10-11H,2-3,8-9H2,1H3,(H,17,22)(H,18,21)(H,19,20). The lowest BCUT2D eigenvalue weighted by atomic mass is 10.1. The predicted molar refractivity (Wildman–Crippen MR) is 81.5 cm³/mol. The maximum absolute atomic E-state index is 12.0. The Morgan fingerprint density at radius 3 is 2.41 bits per heavy atom. The first kappa shape index (κ1) is 16.0. The van der Waals surface area contributed by atoms with E-state index in [-0.39, 0.29) is 30.7 Å². The fourth-order valence-corrected chi connectivity index (χ4v) is 2.16. The molecule has 1 aromatic carbocycles. The lowest BCUT2D eigenvalue weighted by Gasteiger charge is -2.11. The predicted octanol–water partition coefficient (Wildman–Crippen LogP) is 1.88. The third-order valence-electron chi connectivity index (χ3n) is 3.78. The highest BCUT2D eigenvalue weighted by Crippen LogP contribution is 2.37. The third kappa shape index (κ3) is 4.58. The highest BCUT2D eigenvalue weighted by molar-refractivity contribution is 5.96. The minimum absolute atomic E-state index is 0.00107. The second-order valence-electron chi connectivity index (χ2n) is 5.59. The van der Waals surface area contributed by atoms with Crippen LogP contribution in [0.15, 0.2) is 24.3 Å². The summed E-state index contributed by atoms with van der Waals surface area (Å²) in [5, 5.41) is 13.9. The molecule has 22 heavy (non-hydrogen) atoms. The van der Waals surface area contributed by atoms with Crippen LogP contribution >= 0.6 is 0 Å². The van der Waals surface area contributed by atoms with E-state index in [2.05, 4.69) is 10.6 Å². The molecule has 1 fully saturated rings. The average molecular weight is 304 g/mol. The number of carbonyl (C=O) groups excluding carboxylic acids is 2. The molecule has 0 radical (unpaired) electrons. The molecule has 1 unspecified atom stereocenters. The van der Waals surface area contributed by atoms with Crippen LogP contribution in [0.2, 0.25) is 0 Å². The topological polar surface area (TPSA) is 95.5 Å². The molecule has 1 aromatic rings. The first-order chi connectivity index (χ1) is 10.5. The molecule has 6 heteroatoms. The molecule has 0 bridgehead atoms. The van der Waals surface area contributed by atoms with Crippen molar-refractivity contribution >= 4 is 23.5 Å². The van der Waals surface area contributed by atoms with Crippen LogP contribution in [-0.4, -0.2) is 29.4 Å². The molecule has 3 N–H and O–H groups in total. The van der Waals surface area contributed by atoms with E-state index >= 15 is 0 Å². The van der Waals surface area contributed by atoms with Gasteiger partial charge in [0.25, 0.3) is 5.91 Å². The van der Waals surface area contributed by atoms with E-state index in [1.54, 1.807) is 24.3 Å². The van der Waals surface area contributed by atoms with Crippen molar-refractivity contribution in [3.05, 3.63) is 29.8 Å². The maximum Gasteiger partial charge on any atom is 0.305 e. The summed E-state index contributed by atoms with van der Waals surface area (Å²) in [4.78, 5) is 34.1. The number of carbonyl (C=O) groups is 3. The molecular formula is C16H20N2O4. The first-order valence-corrected chi connectivity index (χ1v) is 7.38. The monoisotopic (exact) mass is 304 g/mol. The normalized spacial score (nSPS) is 15.0. The van der Waals surface area contributed by atoms with Crippen molar-refractivity contribution in [2.24, 2.45) is 11.8 Å². The van der Waals surface area contributed by atoms with E-state index in [0.717, 1.165) is 12.8 Å². The maximum atomic E-state index is 12.0. The summed E-state index contributed by atoms with van der Waals surface area (Å²) >= 11 is 0. The van der Waals surface area contributed by atoms with Gasteiger partial charge in [-0.05, 0) is 43.0 Å². The molecule has 1 aliphatic rings. The van der Waals surface area contributed by atoms with Crippen LogP contribution in [0.1, 0.15) is 36.5 Å². The SMILES string of the molecule is CC(C(=O)Nc1ccc(C(=O)NCCC(=O)O)cc1)C1CC1. The van der Waals surface area contributed by atoms with Gasteiger partial charge in [-0.15, -0.1) is 0 Å². The van der Waals surface area contributed by atoms with E-state index in [0.29, 0.717) is 17.2 Å². The minimum atomic E-state index is -0.955. The number of carboxylic acids is 1. The Morgan fingerprint density at radius 1 is 1.23 bits per heavy atom. The Morgan fingerprint density at radius 2 is 1.86 bits per heavy atom. The lowest BCUT2D eigenvalue weighted by molar-refractivity contribution is -0.136. The smallest absolute Gasteiger partial charge is 0.305 e. The second kappa shape index (κ2) is 7.06. The van der Waals surface area contributed by atoms with Gasteiger partial charge in [0.15, 0.2) is 0 Å². The van der Waals surface area contributed by atoms with Crippen molar-refractivity contribution in [1.82, 2.24) is 5.32 Å². The van der Waals surface area contributed by atoms with Crippen molar-refractivity contribution < 1.29 is 19.5 Å². The number of nitrogens with one attached hydrogen (secondary N) is 2. The number of benzene rings is 1. The van der Waals surface area contributed by atoms with E-state index in [1.807, 2.05) is 6.92 Å². The van der Waals surface area contributed by atoms with Gasteiger partial charge in [0, 0.05) is 23.7 Å². The Bertz CT molecular complexity index is 564. The van der Waals surface area contributed by atoms with Gasteiger partial charge in [-0.25, -0.2) is 0 Å². The largest absolute Gasteiger partial charge is 0.481 e. The summed E-state index contributed by atoms with van der Waals surface area (Å²) in [5.74, 6) is -0.770. The summed E-state index contributed by atoms with van der Waals surface area (Å²) < 4.78 is 0. The zero-order chi connectivity index (χ0) is 16.1. The molecule has 1 atom stereocenters. The van der Waals surface area contributed by atoms with Crippen LogP contribution in [0.25, 0.3) is 0 Å². The van der Waals surface area contributed by atoms with Gasteiger partial charge in [-0.2, -0.15) is 0 Å². The van der Waals surface area contributed by atoms with Gasteiger partial charge >= 0.3 is 5.97 Å². The number of rotatable bonds is 7. The number of anilines is 1. The van der Waals surface area contributed by atoms with Gasteiger partial charge in [0.1, 0.15) is 0 Å². The lowest BCUT2D eigenvalue weighted by Crippen LogP contribution is -2.26. The fraction of sp³-hybridized carbons (Fsp3) is 0.438. The van der Waals surface area contributed by atoms with Gasteiger partial charge in [-0.1, -0.05) is 6.92 Å². The minimum Gasteiger partial charge on any atom is -0.481 e. The van der Waals surface area contributed by atoms with Crippen molar-refractivity contribution in [3.63, 3.8) is 0 Å². The number of carboxylic acid groups (broad SMARTS) is 1. The molecule has 0 aromatic heterocycles. The quantitative estimate of drug-likeness (QED) is 0.716. The van der Waals surface area contributed by atoms with Crippen molar-refractivity contribution in [2.75, 3.05) is 11.9 Å². The molecule has 1 aliphatic carbocycles. The van der Waals surface area contributed by atoms with Crippen molar-refractivity contribution in [1.29, 1.82) is 0 Å². The van der Waals surface area contributed by atoms with Gasteiger partial charge in [-0.3, -0.25) is 14.4 Å². The highest BCUT2D eigenvalue weighted by Gasteiger charge is 2.32. The molecule has 2 rings (SSSR count). The Kier molecular flexibility index (Phi) is 5.14. The van der Waals surface area contributed by atoms with Crippen molar-refractivity contribution in [3.8, 4) is 0 Å². The molecule has 0 aliphatic heterocycles. The van der Waals surface area contributed by atoms with E-state index in [1.165, 1.54) is 0 Å². The summed E-state index contributed by atoms with van der Waals surface area (Å²) in [6.07, 6.45) is 2.12. The summed E-state index contributed by atoms with van der Waals surface area (Å²) in [6, 6.07) is 6.55. The summed E-state index contributed by atoms with van der Waals surface area (Å²) in [6.45, 7) is 2.02. The number of hydrogen-bond donors (Lipinski definition) is 3. The molecule has 118 valence electrons. The highest BCUT2D eigenvalue weighted by atomic mass is 16.4. The van der Waals surface area contributed by atoms with E-state index in [9.17, 15) is 14.4 Å². The first-order valence-electron chi connectivity index (χ1n) is 7.38. The van der Waals surface area contributed by atoms with Crippen molar-refractivity contribution in [2.45, 2.75) is 26.2 Å². The van der Waals surface area contributed by atoms with Gasteiger partial charge < -0.3 is 15.7 Å². The van der Waals surface area contributed by atoms with Crippen LogP contribution in [-0.2, 0) is 9.59 Å². The molecule has 6 nitrogen and oxygen atoms in total. The molecule has 0 spiro atoms. The number of amides is 2. The average Bonchev–Trinajstić information content (AvgIpc) is 3.31. The Labute approximate surface area is 128 Å². The van der Waals surface area contributed by atoms with Crippen LogP contribution in [0, 0.1) is 11.8 Å². The number of hydrogen-bond acceptors (Lipinski definition) is 3. The van der Waals surface area contributed by atoms with Crippen LogP contribution in [0.3, 0.4) is 0 Å². The summed E-state index contributed by atoms with van der Waals surface area (Å²) in [5.41, 5.74) is 1.08. The molecule has 1 saturated carbocycles. The molecular weight excluding hydrogens is 284 g/mol. The van der Waals surface area contributed by atoms with Gasteiger partial charge in [0.05, 0.1) is 6.42 Å². The van der Waals surface area contributed by atoms with Crippen LogP contribution < -0.4 is 10.6 Å². The summed E-state index contributed by atoms with van der Waals surface area (Å²) in [7, 11) is 0.